The van der Waals surface area contributed by atoms with Gasteiger partial charge in [0.25, 0.3) is 0 Å². The Kier molecular flexibility index (Phi) is 2.74. The SMILES string of the molecule is FC(F)(F)c1ccc2sc(-c3ccncc3)nc2c1. The maximum atomic E-state index is 12.6. The first kappa shape index (κ1) is 12.1. The van der Waals surface area contributed by atoms with Crippen LogP contribution in [0.5, 0.6) is 0 Å². The summed E-state index contributed by atoms with van der Waals surface area (Å²) < 4.78 is 38.6. The molecule has 3 aromatic rings. The summed E-state index contributed by atoms with van der Waals surface area (Å²) >= 11 is 1.36. The van der Waals surface area contributed by atoms with Crippen LogP contribution in [-0.4, -0.2) is 9.97 Å². The van der Waals surface area contributed by atoms with Gasteiger partial charge in [-0.05, 0) is 30.3 Å². The fourth-order valence-electron chi connectivity index (χ4n) is 1.72. The van der Waals surface area contributed by atoms with Crippen LogP contribution in [0.15, 0.2) is 42.7 Å². The number of benzene rings is 1. The fourth-order valence-corrected chi connectivity index (χ4v) is 2.67. The molecule has 0 saturated heterocycles. The standard InChI is InChI=1S/C13H7F3N2S/c14-13(15,16)9-1-2-11-10(7-9)18-12(19-11)8-3-5-17-6-4-8/h1-7H. The second kappa shape index (κ2) is 4.31. The predicted octanol–water partition coefficient (Wildman–Crippen LogP) is 4.38. The number of rotatable bonds is 1. The molecule has 0 bridgehead atoms. The largest absolute Gasteiger partial charge is 0.416 e. The average molecular weight is 280 g/mol. The summed E-state index contributed by atoms with van der Waals surface area (Å²) in [7, 11) is 0. The zero-order valence-corrected chi connectivity index (χ0v) is 10.3. The van der Waals surface area contributed by atoms with E-state index in [1.165, 1.54) is 17.4 Å². The van der Waals surface area contributed by atoms with E-state index in [4.69, 9.17) is 0 Å². The number of fused-ring (bicyclic) bond motifs is 1. The monoisotopic (exact) mass is 280 g/mol. The normalized spacial score (nSPS) is 11.9. The van der Waals surface area contributed by atoms with Crippen molar-refractivity contribution in [3.8, 4) is 10.6 Å². The van der Waals surface area contributed by atoms with E-state index in [9.17, 15) is 13.2 Å². The minimum absolute atomic E-state index is 0.367. The third-order valence-electron chi connectivity index (χ3n) is 2.64. The number of alkyl halides is 3. The molecule has 0 saturated carbocycles. The van der Waals surface area contributed by atoms with E-state index in [-0.39, 0.29) is 0 Å². The van der Waals surface area contributed by atoms with Gasteiger partial charge >= 0.3 is 6.18 Å². The van der Waals surface area contributed by atoms with Crippen molar-refractivity contribution in [3.63, 3.8) is 0 Å². The van der Waals surface area contributed by atoms with Crippen molar-refractivity contribution >= 4 is 21.6 Å². The lowest BCUT2D eigenvalue weighted by molar-refractivity contribution is -0.137. The molecule has 96 valence electrons. The van der Waals surface area contributed by atoms with Gasteiger partial charge in [0.05, 0.1) is 15.8 Å². The Hall–Kier alpha value is -1.95. The minimum Gasteiger partial charge on any atom is -0.265 e. The molecule has 2 aromatic heterocycles. The molecule has 1 aromatic carbocycles. The van der Waals surface area contributed by atoms with Crippen LogP contribution in [0.2, 0.25) is 0 Å². The number of aromatic nitrogens is 2. The Balaban J connectivity index is 2.12. The van der Waals surface area contributed by atoms with Crippen LogP contribution in [0, 0.1) is 0 Å². The topological polar surface area (TPSA) is 25.8 Å². The Bertz CT molecular complexity index is 720. The highest BCUT2D eigenvalue weighted by Crippen LogP contribution is 2.35. The van der Waals surface area contributed by atoms with Crippen molar-refractivity contribution in [1.29, 1.82) is 0 Å². The van der Waals surface area contributed by atoms with Crippen molar-refractivity contribution in [3.05, 3.63) is 48.3 Å². The smallest absolute Gasteiger partial charge is 0.265 e. The summed E-state index contributed by atoms with van der Waals surface area (Å²) in [5.41, 5.74) is 0.544. The summed E-state index contributed by atoms with van der Waals surface area (Å²) in [5, 5.41) is 0.691. The first-order valence-corrected chi connectivity index (χ1v) is 6.24. The lowest BCUT2D eigenvalue weighted by Gasteiger charge is -2.04. The van der Waals surface area contributed by atoms with E-state index in [0.29, 0.717) is 10.5 Å². The third-order valence-corrected chi connectivity index (χ3v) is 3.73. The number of nitrogens with zero attached hydrogens (tertiary/aromatic N) is 2. The molecule has 0 fully saturated rings. The maximum Gasteiger partial charge on any atom is 0.416 e. The van der Waals surface area contributed by atoms with Gasteiger partial charge < -0.3 is 0 Å². The van der Waals surface area contributed by atoms with Crippen LogP contribution in [0.25, 0.3) is 20.8 Å². The molecular formula is C13H7F3N2S. The first-order valence-electron chi connectivity index (χ1n) is 5.42. The maximum absolute atomic E-state index is 12.6. The van der Waals surface area contributed by atoms with Gasteiger partial charge in [-0.15, -0.1) is 11.3 Å². The first-order chi connectivity index (χ1) is 9.04. The van der Waals surface area contributed by atoms with Gasteiger partial charge in [-0.3, -0.25) is 4.98 Å². The second-order valence-corrected chi connectivity index (χ2v) is 4.97. The number of halogens is 3. The summed E-state index contributed by atoms with van der Waals surface area (Å²) in [5.74, 6) is 0. The number of thiazole rings is 1. The molecule has 0 atom stereocenters. The van der Waals surface area contributed by atoms with Gasteiger partial charge in [-0.1, -0.05) is 0 Å². The Labute approximate surface area is 110 Å². The number of pyridine rings is 1. The Morgan fingerprint density at radius 2 is 1.74 bits per heavy atom. The van der Waals surface area contributed by atoms with Gasteiger partial charge in [0.1, 0.15) is 5.01 Å². The van der Waals surface area contributed by atoms with Crippen LogP contribution in [0.3, 0.4) is 0 Å². The zero-order valence-electron chi connectivity index (χ0n) is 9.48. The molecule has 0 radical (unpaired) electrons. The highest BCUT2D eigenvalue weighted by atomic mass is 32.1. The van der Waals surface area contributed by atoms with Gasteiger partial charge in [0.15, 0.2) is 0 Å². The molecule has 19 heavy (non-hydrogen) atoms. The van der Waals surface area contributed by atoms with Gasteiger partial charge in [0.2, 0.25) is 0 Å². The quantitative estimate of drug-likeness (QED) is 0.661. The van der Waals surface area contributed by atoms with Crippen LogP contribution in [0.1, 0.15) is 5.56 Å². The van der Waals surface area contributed by atoms with Gasteiger partial charge in [-0.2, -0.15) is 13.2 Å². The Morgan fingerprint density at radius 3 is 2.42 bits per heavy atom. The summed E-state index contributed by atoms with van der Waals surface area (Å²) in [6.45, 7) is 0. The molecule has 2 nitrogen and oxygen atoms in total. The summed E-state index contributed by atoms with van der Waals surface area (Å²) in [4.78, 5) is 8.15. The third kappa shape index (κ3) is 2.31. The molecule has 0 amide bonds. The summed E-state index contributed by atoms with van der Waals surface area (Å²) in [6, 6.07) is 7.18. The van der Waals surface area contributed by atoms with Crippen LogP contribution < -0.4 is 0 Å². The van der Waals surface area contributed by atoms with E-state index in [0.717, 1.165) is 22.4 Å². The lowest BCUT2D eigenvalue weighted by Crippen LogP contribution is -2.03. The molecule has 0 aliphatic rings. The van der Waals surface area contributed by atoms with Crippen molar-refractivity contribution < 1.29 is 13.2 Å². The fraction of sp³-hybridized carbons (Fsp3) is 0.0769. The zero-order chi connectivity index (χ0) is 13.5. The van der Waals surface area contributed by atoms with E-state index < -0.39 is 11.7 Å². The summed E-state index contributed by atoms with van der Waals surface area (Å²) in [6.07, 6.45) is -1.08. The van der Waals surface area contributed by atoms with Crippen LogP contribution in [-0.2, 0) is 6.18 Å². The van der Waals surface area contributed by atoms with Crippen molar-refractivity contribution in [2.24, 2.45) is 0 Å². The highest BCUT2D eigenvalue weighted by Gasteiger charge is 2.30. The molecule has 2 heterocycles. The molecule has 0 aliphatic carbocycles. The number of hydrogen-bond donors (Lipinski definition) is 0. The molecule has 0 unspecified atom stereocenters. The second-order valence-electron chi connectivity index (χ2n) is 3.94. The van der Waals surface area contributed by atoms with E-state index in [1.54, 1.807) is 24.5 Å². The van der Waals surface area contributed by atoms with Crippen molar-refractivity contribution in [1.82, 2.24) is 9.97 Å². The minimum atomic E-state index is -4.34. The molecule has 0 N–H and O–H groups in total. The van der Waals surface area contributed by atoms with Crippen molar-refractivity contribution in [2.45, 2.75) is 6.18 Å². The molecular weight excluding hydrogens is 273 g/mol. The average Bonchev–Trinajstić information content (AvgIpc) is 2.81. The van der Waals surface area contributed by atoms with Gasteiger partial charge in [0, 0.05) is 18.0 Å². The van der Waals surface area contributed by atoms with E-state index in [2.05, 4.69) is 9.97 Å². The highest BCUT2D eigenvalue weighted by molar-refractivity contribution is 7.21. The van der Waals surface area contributed by atoms with Gasteiger partial charge in [-0.25, -0.2) is 4.98 Å². The molecule has 3 rings (SSSR count). The van der Waals surface area contributed by atoms with Crippen molar-refractivity contribution in [2.75, 3.05) is 0 Å². The molecule has 0 spiro atoms. The van der Waals surface area contributed by atoms with Crippen LogP contribution in [0.4, 0.5) is 13.2 Å². The Morgan fingerprint density at radius 1 is 1.00 bits per heavy atom. The molecule has 6 heteroatoms. The number of hydrogen-bond acceptors (Lipinski definition) is 3. The molecule has 0 aliphatic heterocycles. The van der Waals surface area contributed by atoms with Crippen LogP contribution >= 0.6 is 11.3 Å². The van der Waals surface area contributed by atoms with E-state index >= 15 is 0 Å². The lowest BCUT2D eigenvalue weighted by atomic mass is 10.2. The van der Waals surface area contributed by atoms with E-state index in [1.807, 2.05) is 0 Å². The predicted molar refractivity (Wildman–Crippen MR) is 67.9 cm³/mol.